The topological polar surface area (TPSA) is 52.3 Å². The van der Waals surface area contributed by atoms with Crippen molar-refractivity contribution in [3.63, 3.8) is 0 Å². The van der Waals surface area contributed by atoms with E-state index in [0.29, 0.717) is 17.6 Å². The number of carbonyl (C=O) groups is 1. The molecule has 0 aromatic rings. The Morgan fingerprint density at radius 3 is 2.94 bits per heavy atom. The third-order valence-electron chi connectivity index (χ3n) is 2.99. The van der Waals surface area contributed by atoms with Gasteiger partial charge in [-0.15, -0.1) is 0 Å². The lowest BCUT2D eigenvalue weighted by Crippen LogP contribution is -2.35. The third-order valence-corrected chi connectivity index (χ3v) is 4.44. The Bertz CT molecular complexity index is 223. The molecule has 1 saturated carbocycles. The molecule has 1 rings (SSSR count). The van der Waals surface area contributed by atoms with E-state index in [1.165, 1.54) is 25.7 Å². The number of thioether (sulfide) groups is 1. The van der Waals surface area contributed by atoms with Gasteiger partial charge in [0, 0.05) is 11.0 Å². The van der Waals surface area contributed by atoms with Crippen LogP contribution in [0.5, 0.6) is 0 Å². The maximum Gasteiger partial charge on any atom is 0.323 e. The molecule has 3 unspecified atom stereocenters. The Balaban J connectivity index is 2.20. The van der Waals surface area contributed by atoms with Gasteiger partial charge in [-0.1, -0.05) is 19.8 Å². The van der Waals surface area contributed by atoms with E-state index in [9.17, 15) is 4.79 Å². The summed E-state index contributed by atoms with van der Waals surface area (Å²) < 4.78 is 4.89. The predicted molar refractivity (Wildman–Crippen MR) is 68.5 cm³/mol. The molecule has 0 saturated heterocycles. The third kappa shape index (κ3) is 4.74. The van der Waals surface area contributed by atoms with Crippen molar-refractivity contribution < 1.29 is 9.53 Å². The number of carbonyl (C=O) groups excluding carboxylic acids is 1. The zero-order chi connectivity index (χ0) is 12.0. The highest BCUT2D eigenvalue weighted by Crippen LogP contribution is 2.31. The largest absolute Gasteiger partial charge is 0.465 e. The summed E-state index contributed by atoms with van der Waals surface area (Å²) in [4.78, 5) is 11.3. The van der Waals surface area contributed by atoms with E-state index in [-0.39, 0.29) is 5.97 Å². The Labute approximate surface area is 102 Å². The van der Waals surface area contributed by atoms with Gasteiger partial charge in [0.1, 0.15) is 6.04 Å². The molecule has 94 valence electrons. The summed E-state index contributed by atoms with van der Waals surface area (Å²) in [6.07, 6.45) is 5.19. The zero-order valence-corrected chi connectivity index (χ0v) is 11.1. The molecule has 0 radical (unpaired) electrons. The lowest BCUT2D eigenvalue weighted by atomic mass is 9.91. The molecule has 3 nitrogen and oxygen atoms in total. The molecule has 0 aromatic heterocycles. The first kappa shape index (κ1) is 13.8. The summed E-state index contributed by atoms with van der Waals surface area (Å²) in [7, 11) is 0. The molecule has 0 aromatic carbocycles. The summed E-state index contributed by atoms with van der Waals surface area (Å²) >= 11 is 1.84. The second kappa shape index (κ2) is 7.17. The van der Waals surface area contributed by atoms with Crippen molar-refractivity contribution in [2.45, 2.75) is 50.8 Å². The van der Waals surface area contributed by atoms with Crippen molar-refractivity contribution in [2.75, 3.05) is 12.4 Å². The summed E-state index contributed by atoms with van der Waals surface area (Å²) in [5, 5.41) is 0.684. The standard InChI is InChI=1S/C12H23NO2S/c1-3-15-12(14)11(13)8-16-10-6-4-5-9(2)7-10/h9-11H,3-8,13H2,1-2H3. The van der Waals surface area contributed by atoms with Crippen LogP contribution < -0.4 is 5.73 Å². The summed E-state index contributed by atoms with van der Waals surface area (Å²) in [6, 6.07) is -0.456. The number of nitrogens with two attached hydrogens (primary N) is 1. The van der Waals surface area contributed by atoms with E-state index >= 15 is 0 Å². The fourth-order valence-corrected chi connectivity index (χ4v) is 3.50. The SMILES string of the molecule is CCOC(=O)C(N)CSC1CCCC(C)C1. The molecule has 1 aliphatic carbocycles. The predicted octanol–water partition coefficient (Wildman–Crippen LogP) is 2.19. The quantitative estimate of drug-likeness (QED) is 0.754. The van der Waals surface area contributed by atoms with Gasteiger partial charge in [0.2, 0.25) is 0 Å². The summed E-state index contributed by atoms with van der Waals surface area (Å²) in [6.45, 7) is 4.52. The molecule has 0 aliphatic heterocycles. The molecule has 1 aliphatic rings. The smallest absolute Gasteiger partial charge is 0.323 e. The Kier molecular flexibility index (Phi) is 6.21. The average molecular weight is 245 g/mol. The number of rotatable bonds is 5. The molecule has 0 heterocycles. The minimum atomic E-state index is -0.456. The van der Waals surface area contributed by atoms with Crippen molar-refractivity contribution >= 4 is 17.7 Å². The van der Waals surface area contributed by atoms with Gasteiger partial charge in [-0.25, -0.2) is 0 Å². The van der Waals surface area contributed by atoms with E-state index in [2.05, 4.69) is 6.92 Å². The van der Waals surface area contributed by atoms with Crippen LogP contribution in [0.25, 0.3) is 0 Å². The van der Waals surface area contributed by atoms with Gasteiger partial charge in [0.25, 0.3) is 0 Å². The van der Waals surface area contributed by atoms with Crippen molar-refractivity contribution in [1.82, 2.24) is 0 Å². The van der Waals surface area contributed by atoms with Crippen LogP contribution >= 0.6 is 11.8 Å². The minimum absolute atomic E-state index is 0.265. The highest BCUT2D eigenvalue weighted by Gasteiger charge is 2.22. The van der Waals surface area contributed by atoms with Crippen LogP contribution in [0.2, 0.25) is 0 Å². The van der Waals surface area contributed by atoms with Crippen LogP contribution in [-0.4, -0.2) is 29.6 Å². The first-order chi connectivity index (χ1) is 7.63. The number of esters is 1. The fourth-order valence-electron chi connectivity index (χ4n) is 2.09. The van der Waals surface area contributed by atoms with Crippen molar-refractivity contribution in [1.29, 1.82) is 0 Å². The minimum Gasteiger partial charge on any atom is -0.465 e. The molecule has 0 amide bonds. The van der Waals surface area contributed by atoms with E-state index in [4.69, 9.17) is 10.5 Å². The van der Waals surface area contributed by atoms with Gasteiger partial charge in [-0.05, 0) is 25.7 Å². The Hall–Kier alpha value is -0.220. The van der Waals surface area contributed by atoms with Crippen LogP contribution in [0.3, 0.4) is 0 Å². The van der Waals surface area contributed by atoms with Gasteiger partial charge in [-0.3, -0.25) is 4.79 Å². The lowest BCUT2D eigenvalue weighted by Gasteiger charge is -2.26. The van der Waals surface area contributed by atoms with Gasteiger partial charge < -0.3 is 10.5 Å². The van der Waals surface area contributed by atoms with Crippen molar-refractivity contribution in [2.24, 2.45) is 11.7 Å². The second-order valence-electron chi connectivity index (χ2n) is 4.59. The molecule has 4 heteroatoms. The van der Waals surface area contributed by atoms with E-state index in [1.807, 2.05) is 11.8 Å². The molecule has 3 atom stereocenters. The Morgan fingerprint density at radius 2 is 2.31 bits per heavy atom. The lowest BCUT2D eigenvalue weighted by molar-refractivity contribution is -0.144. The van der Waals surface area contributed by atoms with Gasteiger partial charge in [0.15, 0.2) is 0 Å². The molecule has 1 fully saturated rings. The van der Waals surface area contributed by atoms with Gasteiger partial charge in [-0.2, -0.15) is 11.8 Å². The molecule has 16 heavy (non-hydrogen) atoms. The molecule has 0 bridgehead atoms. The van der Waals surface area contributed by atoms with Gasteiger partial charge in [0.05, 0.1) is 6.61 Å². The maximum atomic E-state index is 11.3. The first-order valence-corrected chi connectivity index (χ1v) is 7.22. The zero-order valence-electron chi connectivity index (χ0n) is 10.3. The molecular formula is C12H23NO2S. The van der Waals surface area contributed by atoms with Crippen LogP contribution in [0.15, 0.2) is 0 Å². The van der Waals surface area contributed by atoms with E-state index < -0.39 is 6.04 Å². The number of hydrogen-bond acceptors (Lipinski definition) is 4. The van der Waals surface area contributed by atoms with Crippen LogP contribution in [0.4, 0.5) is 0 Å². The Morgan fingerprint density at radius 1 is 1.56 bits per heavy atom. The van der Waals surface area contributed by atoms with Crippen molar-refractivity contribution in [3.8, 4) is 0 Å². The highest BCUT2D eigenvalue weighted by molar-refractivity contribution is 7.99. The van der Waals surface area contributed by atoms with Crippen LogP contribution in [-0.2, 0) is 9.53 Å². The normalized spacial score (nSPS) is 27.4. The molecule has 2 N–H and O–H groups in total. The average Bonchev–Trinajstić information content (AvgIpc) is 2.26. The maximum absolute atomic E-state index is 11.3. The fraction of sp³-hybridized carbons (Fsp3) is 0.917. The molecular weight excluding hydrogens is 222 g/mol. The van der Waals surface area contributed by atoms with Gasteiger partial charge >= 0.3 is 5.97 Å². The van der Waals surface area contributed by atoms with Crippen molar-refractivity contribution in [3.05, 3.63) is 0 Å². The highest BCUT2D eigenvalue weighted by atomic mass is 32.2. The first-order valence-electron chi connectivity index (χ1n) is 6.17. The van der Waals surface area contributed by atoms with Crippen LogP contribution in [0, 0.1) is 5.92 Å². The monoisotopic (exact) mass is 245 g/mol. The summed E-state index contributed by atoms with van der Waals surface area (Å²) in [5.74, 6) is 1.25. The van der Waals surface area contributed by atoms with E-state index in [0.717, 1.165) is 5.92 Å². The number of hydrogen-bond donors (Lipinski definition) is 1. The second-order valence-corrected chi connectivity index (χ2v) is 5.92. The van der Waals surface area contributed by atoms with E-state index in [1.54, 1.807) is 6.92 Å². The number of ether oxygens (including phenoxy) is 1. The van der Waals surface area contributed by atoms with Crippen LogP contribution in [0.1, 0.15) is 39.5 Å². The molecule has 0 spiro atoms. The summed E-state index contributed by atoms with van der Waals surface area (Å²) in [5.41, 5.74) is 5.76.